The number of anilines is 1. The summed E-state index contributed by atoms with van der Waals surface area (Å²) in [5.41, 5.74) is 2.16. The summed E-state index contributed by atoms with van der Waals surface area (Å²) in [5.74, 6) is 0.763. The molecule has 0 fully saturated rings. The molecule has 0 aliphatic rings. The molecule has 3 aromatic rings. The molecule has 2 aromatic heterocycles. The second kappa shape index (κ2) is 5.58. The lowest BCUT2D eigenvalue weighted by molar-refractivity contribution is 1.10. The van der Waals surface area contributed by atoms with E-state index in [1.54, 1.807) is 6.20 Å². The van der Waals surface area contributed by atoms with Crippen LogP contribution in [0.15, 0.2) is 54.9 Å². The van der Waals surface area contributed by atoms with Crippen LogP contribution in [0.1, 0.15) is 5.56 Å². The molecule has 3 rings (SSSR count). The zero-order chi connectivity index (χ0) is 12.9. The molecule has 0 aliphatic carbocycles. The molecule has 0 bridgehead atoms. The number of pyridine rings is 1. The fourth-order valence-corrected chi connectivity index (χ4v) is 2.26. The van der Waals surface area contributed by atoms with Crippen LogP contribution in [0, 0.1) is 0 Å². The fraction of sp³-hybridized carbons (Fsp3) is 0.0714. The van der Waals surface area contributed by atoms with Gasteiger partial charge in [0.1, 0.15) is 0 Å². The van der Waals surface area contributed by atoms with Crippen molar-refractivity contribution in [2.24, 2.45) is 0 Å². The summed E-state index contributed by atoms with van der Waals surface area (Å²) < 4.78 is 4.35. The second-order valence-corrected chi connectivity index (χ2v) is 4.76. The lowest BCUT2D eigenvalue weighted by Gasteiger charge is -2.00. The molecular weight excluding hydrogens is 256 g/mol. The van der Waals surface area contributed by atoms with Gasteiger partial charge in [0.25, 0.3) is 0 Å². The van der Waals surface area contributed by atoms with Gasteiger partial charge in [-0.05, 0) is 11.6 Å². The van der Waals surface area contributed by atoms with Gasteiger partial charge < -0.3 is 5.32 Å². The first-order valence-corrected chi connectivity index (χ1v) is 6.71. The molecule has 2 heterocycles. The van der Waals surface area contributed by atoms with E-state index in [-0.39, 0.29) is 0 Å². The first kappa shape index (κ1) is 11.8. The van der Waals surface area contributed by atoms with Gasteiger partial charge in [0.2, 0.25) is 5.13 Å². The van der Waals surface area contributed by atoms with Crippen LogP contribution in [0.3, 0.4) is 0 Å². The van der Waals surface area contributed by atoms with Crippen molar-refractivity contribution in [3.63, 3.8) is 0 Å². The fourth-order valence-electron chi connectivity index (χ4n) is 1.68. The number of benzene rings is 1. The highest BCUT2D eigenvalue weighted by Gasteiger charge is 2.05. The lowest BCUT2D eigenvalue weighted by Crippen LogP contribution is -1.98. The highest BCUT2D eigenvalue weighted by molar-refractivity contribution is 7.09. The van der Waals surface area contributed by atoms with Crippen LogP contribution in [0.2, 0.25) is 0 Å². The van der Waals surface area contributed by atoms with Gasteiger partial charge in [0.05, 0.1) is 0 Å². The number of hydrogen-bond acceptors (Lipinski definition) is 5. The molecule has 0 unspecified atom stereocenters. The maximum absolute atomic E-state index is 4.47. The van der Waals surface area contributed by atoms with Crippen molar-refractivity contribution in [3.05, 3.63) is 60.4 Å². The SMILES string of the molecule is c1ccc(-c2nsc(NCc3cccnc3)n2)cc1. The standard InChI is InChI=1S/C14H12N4S/c1-2-6-12(7-3-1)13-17-14(19-18-13)16-10-11-5-4-8-15-9-11/h1-9H,10H2,(H,16,17,18). The number of rotatable bonds is 4. The topological polar surface area (TPSA) is 50.7 Å². The van der Waals surface area contributed by atoms with E-state index in [9.17, 15) is 0 Å². The summed E-state index contributed by atoms with van der Waals surface area (Å²) in [4.78, 5) is 8.55. The average Bonchev–Trinajstić information content (AvgIpc) is 2.96. The first-order valence-electron chi connectivity index (χ1n) is 5.94. The van der Waals surface area contributed by atoms with E-state index in [4.69, 9.17) is 0 Å². The predicted octanol–water partition coefficient (Wildman–Crippen LogP) is 3.21. The molecule has 1 N–H and O–H groups in total. The van der Waals surface area contributed by atoms with Crippen LogP contribution in [-0.4, -0.2) is 14.3 Å². The van der Waals surface area contributed by atoms with Gasteiger partial charge in [-0.2, -0.15) is 9.36 Å². The highest BCUT2D eigenvalue weighted by atomic mass is 32.1. The van der Waals surface area contributed by atoms with Crippen molar-refractivity contribution in [2.75, 3.05) is 5.32 Å². The Hall–Kier alpha value is -2.27. The summed E-state index contributed by atoms with van der Waals surface area (Å²) in [6.45, 7) is 0.706. The van der Waals surface area contributed by atoms with Gasteiger partial charge in [0.15, 0.2) is 5.82 Å². The van der Waals surface area contributed by atoms with Gasteiger partial charge in [0, 0.05) is 36.0 Å². The van der Waals surface area contributed by atoms with E-state index in [0.29, 0.717) is 6.54 Å². The summed E-state index contributed by atoms with van der Waals surface area (Å²) in [5, 5.41) is 4.08. The van der Waals surface area contributed by atoms with Gasteiger partial charge in [-0.15, -0.1) is 0 Å². The molecule has 19 heavy (non-hydrogen) atoms. The van der Waals surface area contributed by atoms with Crippen LogP contribution >= 0.6 is 11.5 Å². The number of aromatic nitrogens is 3. The molecule has 0 saturated carbocycles. The van der Waals surface area contributed by atoms with E-state index in [0.717, 1.165) is 22.1 Å². The number of nitrogens with one attached hydrogen (secondary N) is 1. The average molecular weight is 268 g/mol. The van der Waals surface area contributed by atoms with Crippen molar-refractivity contribution in [3.8, 4) is 11.4 Å². The summed E-state index contributed by atoms with van der Waals surface area (Å²) >= 11 is 1.37. The van der Waals surface area contributed by atoms with Gasteiger partial charge in [-0.3, -0.25) is 4.98 Å². The van der Waals surface area contributed by atoms with E-state index in [2.05, 4.69) is 19.7 Å². The first-order chi connectivity index (χ1) is 9.42. The normalized spacial score (nSPS) is 10.3. The monoisotopic (exact) mass is 268 g/mol. The summed E-state index contributed by atoms with van der Waals surface area (Å²) in [6.07, 6.45) is 3.61. The van der Waals surface area contributed by atoms with E-state index >= 15 is 0 Å². The third kappa shape index (κ3) is 2.95. The highest BCUT2D eigenvalue weighted by Crippen LogP contribution is 2.20. The summed E-state index contributed by atoms with van der Waals surface area (Å²) in [6, 6.07) is 13.9. The Morgan fingerprint density at radius 3 is 2.74 bits per heavy atom. The molecule has 0 radical (unpaired) electrons. The Labute approximate surface area is 115 Å². The van der Waals surface area contributed by atoms with Crippen LogP contribution in [0.25, 0.3) is 11.4 Å². The largest absolute Gasteiger partial charge is 0.356 e. The second-order valence-electron chi connectivity index (χ2n) is 4.00. The third-order valence-corrected chi connectivity index (χ3v) is 3.30. The van der Waals surface area contributed by atoms with Gasteiger partial charge in [-0.25, -0.2) is 0 Å². The molecule has 0 amide bonds. The maximum Gasteiger partial charge on any atom is 0.203 e. The van der Waals surface area contributed by atoms with Gasteiger partial charge >= 0.3 is 0 Å². The van der Waals surface area contributed by atoms with Gasteiger partial charge in [-0.1, -0.05) is 36.4 Å². The number of hydrogen-bond donors (Lipinski definition) is 1. The summed E-state index contributed by atoms with van der Waals surface area (Å²) in [7, 11) is 0. The van der Waals surface area contributed by atoms with Crippen LogP contribution in [0.4, 0.5) is 5.13 Å². The quantitative estimate of drug-likeness (QED) is 0.789. The zero-order valence-corrected chi connectivity index (χ0v) is 11.0. The van der Waals surface area contributed by atoms with Crippen molar-refractivity contribution in [1.29, 1.82) is 0 Å². The number of nitrogens with zero attached hydrogens (tertiary/aromatic N) is 3. The molecule has 4 nitrogen and oxygen atoms in total. The minimum atomic E-state index is 0.706. The smallest absolute Gasteiger partial charge is 0.203 e. The van der Waals surface area contributed by atoms with E-state index in [1.807, 2.05) is 48.7 Å². The Bertz CT molecular complexity index is 637. The van der Waals surface area contributed by atoms with Crippen LogP contribution < -0.4 is 5.32 Å². The zero-order valence-electron chi connectivity index (χ0n) is 10.2. The van der Waals surface area contributed by atoms with Crippen molar-refractivity contribution in [1.82, 2.24) is 14.3 Å². The Kier molecular flexibility index (Phi) is 3.47. The minimum Gasteiger partial charge on any atom is -0.356 e. The van der Waals surface area contributed by atoms with Crippen molar-refractivity contribution >= 4 is 16.7 Å². The Morgan fingerprint density at radius 2 is 1.95 bits per heavy atom. The van der Waals surface area contributed by atoms with E-state index in [1.165, 1.54) is 11.5 Å². The molecule has 1 aromatic carbocycles. The molecule has 5 heteroatoms. The molecule has 0 spiro atoms. The molecule has 0 aliphatic heterocycles. The lowest BCUT2D eigenvalue weighted by atomic mass is 10.2. The van der Waals surface area contributed by atoms with Crippen molar-refractivity contribution in [2.45, 2.75) is 6.54 Å². The van der Waals surface area contributed by atoms with Crippen LogP contribution in [-0.2, 0) is 6.54 Å². The van der Waals surface area contributed by atoms with Crippen LogP contribution in [0.5, 0.6) is 0 Å². The molecular formula is C14H12N4S. The minimum absolute atomic E-state index is 0.706. The Morgan fingerprint density at radius 1 is 1.05 bits per heavy atom. The molecule has 0 atom stereocenters. The third-order valence-electron chi connectivity index (χ3n) is 2.62. The molecule has 0 saturated heterocycles. The van der Waals surface area contributed by atoms with Crippen molar-refractivity contribution < 1.29 is 0 Å². The van der Waals surface area contributed by atoms with E-state index < -0.39 is 0 Å². The maximum atomic E-state index is 4.47. The predicted molar refractivity (Wildman–Crippen MR) is 76.9 cm³/mol. The Balaban J connectivity index is 1.69. The molecule has 94 valence electrons.